The second-order valence-electron chi connectivity index (χ2n) is 5.45. The predicted octanol–water partition coefficient (Wildman–Crippen LogP) is 2.79. The number of carbonyl (C=O) groups is 1. The maximum atomic E-state index is 11.8. The summed E-state index contributed by atoms with van der Waals surface area (Å²) in [5.74, 6) is 1.23. The monoisotopic (exact) mass is 166 g/mol. The average Bonchev–Trinajstić information content (AvgIpc) is 1.93. The Balaban J connectivity index is 2.39. The summed E-state index contributed by atoms with van der Waals surface area (Å²) in [5, 5.41) is 0. The zero-order valence-electron chi connectivity index (χ0n) is 8.31. The smallest absolute Gasteiger partial charge is 0.139 e. The average molecular weight is 166 g/mol. The van der Waals surface area contributed by atoms with E-state index in [-0.39, 0.29) is 10.8 Å². The fourth-order valence-corrected chi connectivity index (χ4v) is 3.06. The molecule has 0 heterocycles. The van der Waals surface area contributed by atoms with Crippen LogP contribution in [0.1, 0.15) is 46.5 Å². The van der Waals surface area contributed by atoms with E-state index >= 15 is 0 Å². The van der Waals surface area contributed by atoms with Gasteiger partial charge in [-0.2, -0.15) is 0 Å². The zero-order valence-corrected chi connectivity index (χ0v) is 8.31. The largest absolute Gasteiger partial charge is 0.299 e. The number of fused-ring (bicyclic) bond motifs is 3. The van der Waals surface area contributed by atoms with E-state index in [4.69, 9.17) is 0 Å². The van der Waals surface area contributed by atoms with E-state index in [1.807, 2.05) is 0 Å². The van der Waals surface area contributed by atoms with E-state index in [1.165, 1.54) is 12.8 Å². The van der Waals surface area contributed by atoms with Gasteiger partial charge in [-0.15, -0.1) is 0 Å². The molecule has 0 spiro atoms. The van der Waals surface area contributed by atoms with Crippen molar-refractivity contribution in [2.24, 2.45) is 16.7 Å². The fourth-order valence-electron chi connectivity index (χ4n) is 3.06. The Bertz CT molecular complexity index is 229. The number of ketones is 1. The van der Waals surface area contributed by atoms with Gasteiger partial charge >= 0.3 is 0 Å². The Morgan fingerprint density at radius 2 is 2.00 bits per heavy atom. The molecule has 0 saturated heterocycles. The highest BCUT2D eigenvalue weighted by Crippen LogP contribution is 2.58. The number of rotatable bonds is 0. The Kier molecular flexibility index (Phi) is 1.47. The van der Waals surface area contributed by atoms with Gasteiger partial charge in [0.25, 0.3) is 0 Å². The quantitative estimate of drug-likeness (QED) is 0.541. The lowest BCUT2D eigenvalue weighted by molar-refractivity contribution is -0.150. The van der Waals surface area contributed by atoms with Crippen molar-refractivity contribution in [3.8, 4) is 0 Å². The minimum absolute atomic E-state index is 0.00174. The molecule has 3 aliphatic carbocycles. The first-order chi connectivity index (χ1) is 5.46. The van der Waals surface area contributed by atoms with Crippen LogP contribution in [-0.4, -0.2) is 5.78 Å². The lowest BCUT2D eigenvalue weighted by atomic mass is 9.49. The Morgan fingerprint density at radius 1 is 1.33 bits per heavy atom. The summed E-state index contributed by atoms with van der Waals surface area (Å²) in [6, 6.07) is 0. The van der Waals surface area contributed by atoms with Crippen LogP contribution in [0.2, 0.25) is 0 Å². The third-order valence-corrected chi connectivity index (χ3v) is 4.43. The molecule has 0 radical (unpaired) electrons. The van der Waals surface area contributed by atoms with Crippen molar-refractivity contribution in [3.05, 3.63) is 0 Å². The molecular weight excluding hydrogens is 148 g/mol. The van der Waals surface area contributed by atoms with Crippen molar-refractivity contribution in [2.45, 2.75) is 46.5 Å². The zero-order chi connectivity index (χ0) is 8.98. The van der Waals surface area contributed by atoms with E-state index in [0.717, 1.165) is 12.8 Å². The number of Topliss-reactive ketones (excluding diaryl/α,β-unsaturated/α-hetero) is 1. The van der Waals surface area contributed by atoms with Gasteiger partial charge in [-0.05, 0) is 30.6 Å². The third kappa shape index (κ3) is 0.826. The molecule has 3 rings (SSSR count). The van der Waals surface area contributed by atoms with Gasteiger partial charge in [0.15, 0.2) is 0 Å². The van der Waals surface area contributed by atoms with Crippen molar-refractivity contribution in [3.63, 3.8) is 0 Å². The molecule has 2 bridgehead atoms. The van der Waals surface area contributed by atoms with E-state index in [1.54, 1.807) is 0 Å². The van der Waals surface area contributed by atoms with Crippen LogP contribution in [0.15, 0.2) is 0 Å². The van der Waals surface area contributed by atoms with Crippen LogP contribution in [0.5, 0.6) is 0 Å². The fraction of sp³-hybridized carbons (Fsp3) is 0.909. The Labute approximate surface area is 74.5 Å². The second kappa shape index (κ2) is 2.12. The number of carbonyl (C=O) groups excluding carboxylic acids is 1. The Hall–Kier alpha value is -0.330. The predicted molar refractivity (Wildman–Crippen MR) is 48.9 cm³/mol. The van der Waals surface area contributed by atoms with E-state index in [2.05, 4.69) is 20.8 Å². The summed E-state index contributed by atoms with van der Waals surface area (Å²) >= 11 is 0. The van der Waals surface area contributed by atoms with Gasteiger partial charge in [-0.3, -0.25) is 4.79 Å². The van der Waals surface area contributed by atoms with Crippen LogP contribution >= 0.6 is 0 Å². The standard InChI is InChI=1S/C11H18O/c1-10(2)7-8-4-5-11(10,3)9(12)6-8/h8H,4-7H2,1-3H3/t8-,11-/m0/s1. The lowest BCUT2D eigenvalue weighted by Crippen LogP contribution is -2.52. The summed E-state index contributed by atoms with van der Waals surface area (Å²) in [6.07, 6.45) is 4.53. The van der Waals surface area contributed by atoms with Crippen molar-refractivity contribution in [2.75, 3.05) is 0 Å². The molecule has 1 nitrogen and oxygen atoms in total. The SMILES string of the molecule is CC1(C)C[C@H]2CC[C@@]1(C)C(=O)C2. The van der Waals surface area contributed by atoms with Crippen LogP contribution in [0, 0.1) is 16.7 Å². The van der Waals surface area contributed by atoms with Gasteiger partial charge in [-0.25, -0.2) is 0 Å². The van der Waals surface area contributed by atoms with E-state index in [0.29, 0.717) is 11.7 Å². The maximum Gasteiger partial charge on any atom is 0.139 e. The van der Waals surface area contributed by atoms with Crippen molar-refractivity contribution in [1.82, 2.24) is 0 Å². The Morgan fingerprint density at radius 3 is 2.42 bits per heavy atom. The normalized spacial score (nSPS) is 44.9. The molecule has 1 heteroatoms. The van der Waals surface area contributed by atoms with Crippen LogP contribution in [0.25, 0.3) is 0 Å². The summed E-state index contributed by atoms with van der Waals surface area (Å²) in [6.45, 7) is 6.69. The molecule has 0 aromatic rings. The van der Waals surface area contributed by atoms with Gasteiger partial charge in [0.05, 0.1) is 0 Å². The highest BCUT2D eigenvalue weighted by Gasteiger charge is 2.54. The molecular formula is C11H18O. The van der Waals surface area contributed by atoms with Gasteiger partial charge in [0.2, 0.25) is 0 Å². The molecule has 2 atom stereocenters. The van der Waals surface area contributed by atoms with Crippen LogP contribution in [0.3, 0.4) is 0 Å². The van der Waals surface area contributed by atoms with Crippen molar-refractivity contribution >= 4 is 5.78 Å². The summed E-state index contributed by atoms with van der Waals surface area (Å²) in [4.78, 5) is 11.8. The molecule has 0 aliphatic heterocycles. The topological polar surface area (TPSA) is 17.1 Å². The molecule has 0 amide bonds. The van der Waals surface area contributed by atoms with E-state index < -0.39 is 0 Å². The summed E-state index contributed by atoms with van der Waals surface area (Å²) < 4.78 is 0. The van der Waals surface area contributed by atoms with Gasteiger partial charge in [0, 0.05) is 11.8 Å². The highest BCUT2D eigenvalue weighted by atomic mass is 16.1. The van der Waals surface area contributed by atoms with E-state index in [9.17, 15) is 4.79 Å². The molecule has 3 aliphatic rings. The number of hydrogen-bond acceptors (Lipinski definition) is 1. The molecule has 12 heavy (non-hydrogen) atoms. The van der Waals surface area contributed by atoms with Gasteiger partial charge < -0.3 is 0 Å². The first kappa shape index (κ1) is 8.28. The molecule has 3 fully saturated rings. The summed E-state index contributed by atoms with van der Waals surface area (Å²) in [5.41, 5.74) is 0.257. The first-order valence-electron chi connectivity index (χ1n) is 4.99. The second-order valence-corrected chi connectivity index (χ2v) is 5.45. The molecule has 0 aromatic carbocycles. The van der Waals surface area contributed by atoms with Crippen LogP contribution in [0.4, 0.5) is 0 Å². The molecule has 0 aromatic heterocycles. The molecule has 68 valence electrons. The van der Waals surface area contributed by atoms with Gasteiger partial charge in [0.1, 0.15) is 5.78 Å². The molecule has 0 N–H and O–H groups in total. The summed E-state index contributed by atoms with van der Waals surface area (Å²) in [7, 11) is 0. The van der Waals surface area contributed by atoms with Gasteiger partial charge in [-0.1, -0.05) is 20.8 Å². The highest BCUT2D eigenvalue weighted by molar-refractivity contribution is 5.87. The van der Waals surface area contributed by atoms with Crippen molar-refractivity contribution in [1.29, 1.82) is 0 Å². The first-order valence-corrected chi connectivity index (χ1v) is 4.99. The lowest BCUT2D eigenvalue weighted by Gasteiger charge is -2.54. The minimum Gasteiger partial charge on any atom is -0.299 e. The maximum absolute atomic E-state index is 11.8. The van der Waals surface area contributed by atoms with Crippen LogP contribution < -0.4 is 0 Å². The minimum atomic E-state index is 0.00174. The number of hydrogen-bond donors (Lipinski definition) is 0. The molecule has 0 unspecified atom stereocenters. The molecule has 3 saturated carbocycles. The van der Waals surface area contributed by atoms with Crippen molar-refractivity contribution < 1.29 is 4.79 Å². The van der Waals surface area contributed by atoms with Crippen LogP contribution in [-0.2, 0) is 4.79 Å². The third-order valence-electron chi connectivity index (χ3n) is 4.43.